The number of oxazole rings is 1. The molecule has 1 saturated heterocycles. The van der Waals surface area contributed by atoms with Gasteiger partial charge in [0, 0.05) is 30.2 Å². The molecule has 13 heteroatoms. The minimum atomic E-state index is -0.812. The summed E-state index contributed by atoms with van der Waals surface area (Å²) in [6.45, 7) is 0.628. The second-order valence-corrected chi connectivity index (χ2v) is 15.4. The Morgan fingerprint density at radius 3 is 2.46 bits per heavy atom. The van der Waals surface area contributed by atoms with E-state index < -0.39 is 18.0 Å². The van der Waals surface area contributed by atoms with Crippen molar-refractivity contribution in [2.75, 3.05) is 13.6 Å². The van der Waals surface area contributed by atoms with Crippen LogP contribution in [0.2, 0.25) is 0 Å². The maximum atomic E-state index is 14.4. The Morgan fingerprint density at radius 1 is 1.02 bits per heavy atom. The van der Waals surface area contributed by atoms with Crippen LogP contribution >= 0.6 is 27.3 Å². The van der Waals surface area contributed by atoms with Gasteiger partial charge in [0.25, 0.3) is 5.89 Å². The average molecular weight is 786 g/mol. The van der Waals surface area contributed by atoms with Crippen molar-refractivity contribution >= 4 is 67.5 Å². The number of amides is 1. The maximum Gasteiger partial charge on any atom is 0.264 e. The number of likely N-dealkylation sites (tertiary alicyclic amines) is 1. The van der Waals surface area contributed by atoms with E-state index in [9.17, 15) is 14.4 Å². The summed E-state index contributed by atoms with van der Waals surface area (Å²) in [5.41, 5.74) is 14.6. The summed E-state index contributed by atoms with van der Waals surface area (Å²) in [5.74, 6) is -1.71. The number of fused-ring (bicyclic) bond motifs is 1. The third-order valence-electron chi connectivity index (χ3n) is 9.22. The molecule has 3 heterocycles. The monoisotopic (exact) mass is 784 g/mol. The lowest BCUT2D eigenvalue weighted by atomic mass is 9.88. The predicted octanol–water partition coefficient (Wildman–Crippen LogP) is 5.96. The van der Waals surface area contributed by atoms with Crippen molar-refractivity contribution < 1.29 is 23.5 Å². The summed E-state index contributed by atoms with van der Waals surface area (Å²) < 4.78 is 13.2. The van der Waals surface area contributed by atoms with Gasteiger partial charge in [0.05, 0.1) is 34.3 Å². The standard InChI is InChI=1S/C39H41BrN6O5S/c1-43-31(17-13-24-7-3-2-4-8-24)38(49)46-22-28(50-23-29-16-18-35(40)52-29)21-32(46)33(47)20-26(19-25-11-14-27(15-12-25)44-39(41)42)36(48)37-45-30-9-5-6-10-34(30)51-37/h2-12,14-16,18,26,28,31-32,43H,13,17,19-23H2,1H3,(H4,41,42,44)/t26-,28-,31-,32+/m1/s1. The first-order valence-corrected chi connectivity index (χ1v) is 18.8. The molecule has 1 aliphatic rings. The van der Waals surface area contributed by atoms with Gasteiger partial charge in [-0.05, 0) is 89.8 Å². The molecule has 11 nitrogen and oxygen atoms in total. The molecule has 3 aromatic carbocycles. The zero-order chi connectivity index (χ0) is 36.6. The molecule has 52 heavy (non-hydrogen) atoms. The number of guanidine groups is 1. The topological polar surface area (TPSA) is 166 Å². The van der Waals surface area contributed by atoms with Crippen LogP contribution in [0.15, 0.2) is 104 Å². The number of hydrogen-bond acceptors (Lipinski definition) is 9. The lowest BCUT2D eigenvalue weighted by Crippen LogP contribution is -2.50. The zero-order valence-corrected chi connectivity index (χ0v) is 31.1. The summed E-state index contributed by atoms with van der Waals surface area (Å²) in [5, 5.41) is 3.18. The fourth-order valence-electron chi connectivity index (χ4n) is 6.57. The number of carbonyl (C=O) groups is 3. The number of rotatable bonds is 16. The highest BCUT2D eigenvalue weighted by molar-refractivity contribution is 9.11. The molecule has 0 spiro atoms. The van der Waals surface area contributed by atoms with E-state index in [0.29, 0.717) is 42.7 Å². The molecule has 1 fully saturated rings. The highest BCUT2D eigenvalue weighted by Gasteiger charge is 2.43. The number of likely N-dealkylation sites (N-methyl/N-ethyl adjacent to an activating group) is 1. The Bertz CT molecular complexity index is 1990. The number of aliphatic imine (C=N–C) groups is 1. The van der Waals surface area contributed by atoms with Crippen molar-refractivity contribution in [3.8, 4) is 0 Å². The van der Waals surface area contributed by atoms with Crippen LogP contribution in [0.5, 0.6) is 0 Å². The minimum Gasteiger partial charge on any atom is -0.434 e. The highest BCUT2D eigenvalue weighted by Crippen LogP contribution is 2.30. The largest absolute Gasteiger partial charge is 0.434 e. The molecular formula is C39H41BrN6O5S. The number of ether oxygens (including phenoxy) is 1. The van der Waals surface area contributed by atoms with Gasteiger partial charge < -0.3 is 30.8 Å². The number of carbonyl (C=O) groups excluding carboxylic acids is 3. The number of para-hydroxylation sites is 2. The van der Waals surface area contributed by atoms with Crippen LogP contribution < -0.4 is 16.8 Å². The zero-order valence-electron chi connectivity index (χ0n) is 28.7. The van der Waals surface area contributed by atoms with Gasteiger partial charge >= 0.3 is 0 Å². The number of nitrogens with one attached hydrogen (secondary N) is 1. The van der Waals surface area contributed by atoms with Crippen LogP contribution in [-0.4, -0.2) is 65.1 Å². The first kappa shape index (κ1) is 37.1. The maximum absolute atomic E-state index is 14.4. The molecule has 2 aromatic heterocycles. The molecule has 270 valence electrons. The summed E-state index contributed by atoms with van der Waals surface area (Å²) in [6, 6.07) is 26.9. The molecule has 5 aromatic rings. The molecule has 0 bridgehead atoms. The Hall–Kier alpha value is -4.69. The van der Waals surface area contributed by atoms with E-state index in [2.05, 4.69) is 31.2 Å². The van der Waals surface area contributed by atoms with E-state index in [1.165, 1.54) is 0 Å². The molecule has 0 unspecified atom stereocenters. The first-order chi connectivity index (χ1) is 25.2. The van der Waals surface area contributed by atoms with Crippen molar-refractivity contribution in [3.63, 3.8) is 0 Å². The molecule has 1 aliphatic heterocycles. The Kier molecular flexibility index (Phi) is 12.3. The fraction of sp³-hybridized carbons (Fsp3) is 0.308. The average Bonchev–Trinajstić information content (AvgIpc) is 3.89. The number of thiophene rings is 1. The van der Waals surface area contributed by atoms with Crippen LogP contribution in [0.1, 0.15) is 46.0 Å². The summed E-state index contributed by atoms with van der Waals surface area (Å²) in [4.78, 5) is 54.0. The van der Waals surface area contributed by atoms with E-state index in [1.54, 1.807) is 53.6 Å². The molecule has 0 saturated carbocycles. The van der Waals surface area contributed by atoms with Crippen molar-refractivity contribution in [1.82, 2.24) is 15.2 Å². The van der Waals surface area contributed by atoms with Gasteiger partial charge in [-0.15, -0.1) is 11.3 Å². The quantitative estimate of drug-likeness (QED) is 0.0622. The van der Waals surface area contributed by atoms with Crippen LogP contribution in [0.3, 0.4) is 0 Å². The number of ketones is 2. The van der Waals surface area contributed by atoms with Gasteiger partial charge in [0.2, 0.25) is 11.7 Å². The van der Waals surface area contributed by atoms with Gasteiger partial charge in [-0.2, -0.15) is 0 Å². The van der Waals surface area contributed by atoms with Crippen molar-refractivity contribution in [2.24, 2.45) is 22.4 Å². The molecule has 4 atom stereocenters. The van der Waals surface area contributed by atoms with E-state index in [1.807, 2.05) is 60.7 Å². The Labute approximate surface area is 314 Å². The van der Waals surface area contributed by atoms with Crippen molar-refractivity contribution in [3.05, 3.63) is 117 Å². The number of aromatic nitrogens is 1. The summed E-state index contributed by atoms with van der Waals surface area (Å²) in [7, 11) is 1.76. The highest BCUT2D eigenvalue weighted by atomic mass is 79.9. The molecule has 1 amide bonds. The number of aryl methyl sites for hydroxylation is 1. The third kappa shape index (κ3) is 9.39. The fourth-order valence-corrected chi connectivity index (χ4v) is 7.98. The Morgan fingerprint density at radius 2 is 1.77 bits per heavy atom. The SMILES string of the molecule is CN[C@H](CCc1ccccc1)C(=O)N1C[C@H](OCc2ccc(Br)s2)C[C@H]1C(=O)C[C@@H](Cc1ccc(N=C(N)N)cc1)C(=O)c1nc2ccccc2o1. The van der Waals surface area contributed by atoms with Crippen LogP contribution in [0.25, 0.3) is 11.1 Å². The van der Waals surface area contributed by atoms with E-state index in [4.69, 9.17) is 20.6 Å². The van der Waals surface area contributed by atoms with Crippen LogP contribution in [0.4, 0.5) is 5.69 Å². The van der Waals surface area contributed by atoms with Gasteiger partial charge in [-0.1, -0.05) is 54.6 Å². The van der Waals surface area contributed by atoms with Gasteiger partial charge in [-0.25, -0.2) is 9.98 Å². The summed E-state index contributed by atoms with van der Waals surface area (Å²) >= 11 is 5.08. The molecule has 6 rings (SSSR count). The second kappa shape index (κ2) is 17.2. The molecule has 0 aliphatic carbocycles. The van der Waals surface area contributed by atoms with Crippen molar-refractivity contribution in [1.29, 1.82) is 0 Å². The number of nitrogens with zero attached hydrogens (tertiary/aromatic N) is 3. The van der Waals surface area contributed by atoms with Gasteiger partial charge in [-0.3, -0.25) is 14.4 Å². The minimum absolute atomic E-state index is 0.0602. The summed E-state index contributed by atoms with van der Waals surface area (Å²) in [6.07, 6.45) is 1.32. The number of Topliss-reactive ketones (excluding diaryl/α,β-unsaturated/α-hetero) is 2. The van der Waals surface area contributed by atoms with E-state index in [0.717, 1.165) is 19.8 Å². The normalized spacial score (nSPS) is 16.8. The lowest BCUT2D eigenvalue weighted by molar-refractivity contribution is -0.139. The third-order valence-corrected chi connectivity index (χ3v) is 10.8. The number of hydrogen-bond donors (Lipinski definition) is 3. The van der Waals surface area contributed by atoms with E-state index in [-0.39, 0.29) is 54.8 Å². The second-order valence-electron chi connectivity index (χ2n) is 12.9. The van der Waals surface area contributed by atoms with Crippen LogP contribution in [0, 0.1) is 5.92 Å². The lowest BCUT2D eigenvalue weighted by Gasteiger charge is -2.28. The first-order valence-electron chi connectivity index (χ1n) is 17.2. The van der Waals surface area contributed by atoms with Crippen molar-refractivity contribution in [2.45, 2.75) is 56.9 Å². The molecule has 5 N–H and O–H groups in total. The number of halogens is 1. The van der Waals surface area contributed by atoms with Gasteiger partial charge in [0.1, 0.15) is 5.52 Å². The number of benzene rings is 3. The number of nitrogens with two attached hydrogens (primary N) is 2. The van der Waals surface area contributed by atoms with E-state index >= 15 is 0 Å². The predicted molar refractivity (Wildman–Crippen MR) is 205 cm³/mol. The smallest absolute Gasteiger partial charge is 0.264 e. The molecule has 0 radical (unpaired) electrons. The van der Waals surface area contributed by atoms with Crippen LogP contribution in [-0.2, 0) is 33.8 Å². The molecular weight excluding hydrogens is 744 g/mol. The van der Waals surface area contributed by atoms with Gasteiger partial charge in [0.15, 0.2) is 17.3 Å². The Balaban J connectivity index is 1.25.